The molecule has 1 saturated heterocycles. The highest BCUT2D eigenvalue weighted by molar-refractivity contribution is 5.24. The minimum Gasteiger partial charge on any atom is -0.302 e. The lowest BCUT2D eigenvalue weighted by atomic mass is 10.2. The molecule has 0 atom stereocenters. The molecule has 3 heteroatoms. The fraction of sp³-hybridized carbons (Fsp3) is 0.600. The third-order valence-corrected chi connectivity index (χ3v) is 4.13. The Labute approximate surface area is 143 Å². The standard InChI is InChI=1S/C20H35N3/c1-6-10-20(11-7-2)18-23-14-8-12-21(4)16-19(3)17-22(5)13-9-15-23/h6-7,10-11H,1,3,8-9,12-18H2,2,4-5H3/b11-7-,20-10+. The first-order valence-corrected chi connectivity index (χ1v) is 8.75. The molecule has 1 aliphatic rings. The quantitative estimate of drug-likeness (QED) is 0.582. The molecule has 0 N–H and O–H groups in total. The molecule has 0 spiro atoms. The number of likely N-dealkylation sites (N-methyl/N-ethyl adjacent to an activating group) is 2. The maximum absolute atomic E-state index is 4.22. The fourth-order valence-electron chi connectivity index (χ4n) is 3.15. The van der Waals surface area contributed by atoms with Gasteiger partial charge in [-0.3, -0.25) is 4.90 Å². The van der Waals surface area contributed by atoms with Gasteiger partial charge in [0.2, 0.25) is 0 Å². The van der Waals surface area contributed by atoms with Crippen molar-refractivity contribution in [2.24, 2.45) is 0 Å². The molecule has 0 radical (unpaired) electrons. The van der Waals surface area contributed by atoms with E-state index in [4.69, 9.17) is 0 Å². The molecule has 0 aliphatic carbocycles. The van der Waals surface area contributed by atoms with Gasteiger partial charge < -0.3 is 9.80 Å². The van der Waals surface area contributed by atoms with E-state index in [1.54, 1.807) is 0 Å². The zero-order chi connectivity index (χ0) is 17.1. The molecule has 3 nitrogen and oxygen atoms in total. The van der Waals surface area contributed by atoms with Gasteiger partial charge >= 0.3 is 0 Å². The molecule has 1 aliphatic heterocycles. The molecule has 23 heavy (non-hydrogen) atoms. The molecule has 0 unspecified atom stereocenters. The van der Waals surface area contributed by atoms with Crippen LogP contribution < -0.4 is 0 Å². The number of nitrogens with zero attached hydrogens (tertiary/aromatic N) is 3. The van der Waals surface area contributed by atoms with Crippen LogP contribution in [0.4, 0.5) is 0 Å². The van der Waals surface area contributed by atoms with Gasteiger partial charge in [-0.1, -0.05) is 37.5 Å². The molecular weight excluding hydrogens is 282 g/mol. The predicted octanol–water partition coefficient (Wildman–Crippen LogP) is 3.19. The fourth-order valence-corrected chi connectivity index (χ4v) is 3.15. The van der Waals surface area contributed by atoms with Gasteiger partial charge in [0, 0.05) is 19.6 Å². The van der Waals surface area contributed by atoms with Crippen LogP contribution >= 0.6 is 0 Å². The van der Waals surface area contributed by atoms with Gasteiger partial charge in [-0.2, -0.15) is 0 Å². The number of allylic oxidation sites excluding steroid dienone is 3. The maximum atomic E-state index is 4.22. The molecular formula is C20H35N3. The van der Waals surface area contributed by atoms with Crippen molar-refractivity contribution in [3.05, 3.63) is 48.6 Å². The normalized spacial score (nSPS) is 22.0. The number of rotatable bonds is 4. The minimum atomic E-state index is 1.00. The molecule has 1 rings (SSSR count). The Morgan fingerprint density at radius 3 is 2.09 bits per heavy atom. The summed E-state index contributed by atoms with van der Waals surface area (Å²) in [5.41, 5.74) is 2.65. The Morgan fingerprint density at radius 2 is 1.61 bits per heavy atom. The highest BCUT2D eigenvalue weighted by Crippen LogP contribution is 2.07. The summed E-state index contributed by atoms with van der Waals surface area (Å²) in [6.07, 6.45) is 10.7. The Balaban J connectivity index is 2.66. The van der Waals surface area contributed by atoms with E-state index in [0.29, 0.717) is 0 Å². The van der Waals surface area contributed by atoms with Crippen LogP contribution in [0.15, 0.2) is 48.6 Å². The second-order valence-electron chi connectivity index (χ2n) is 6.69. The van der Waals surface area contributed by atoms with E-state index < -0.39 is 0 Å². The van der Waals surface area contributed by atoms with E-state index >= 15 is 0 Å². The second kappa shape index (κ2) is 11.4. The summed E-state index contributed by atoms with van der Waals surface area (Å²) in [6, 6.07) is 0. The summed E-state index contributed by atoms with van der Waals surface area (Å²) in [5.74, 6) is 0. The van der Waals surface area contributed by atoms with Crippen LogP contribution in [0, 0.1) is 0 Å². The predicted molar refractivity (Wildman–Crippen MR) is 103 cm³/mol. The summed E-state index contributed by atoms with van der Waals surface area (Å²) >= 11 is 0. The first kappa shape index (κ1) is 19.9. The van der Waals surface area contributed by atoms with Crippen LogP contribution in [0.1, 0.15) is 19.8 Å². The summed E-state index contributed by atoms with van der Waals surface area (Å²) in [7, 11) is 4.40. The van der Waals surface area contributed by atoms with Crippen molar-refractivity contribution in [3.8, 4) is 0 Å². The van der Waals surface area contributed by atoms with E-state index in [1.165, 1.54) is 24.0 Å². The molecule has 130 valence electrons. The van der Waals surface area contributed by atoms with Crippen molar-refractivity contribution in [1.29, 1.82) is 0 Å². The molecule has 1 heterocycles. The highest BCUT2D eigenvalue weighted by atomic mass is 15.2. The lowest BCUT2D eigenvalue weighted by Gasteiger charge is -2.28. The van der Waals surface area contributed by atoms with E-state index in [2.05, 4.69) is 67.1 Å². The molecule has 1 fully saturated rings. The Morgan fingerprint density at radius 1 is 1.04 bits per heavy atom. The Hall–Kier alpha value is -1.16. The number of hydrogen-bond acceptors (Lipinski definition) is 3. The van der Waals surface area contributed by atoms with Gasteiger partial charge in [-0.25, -0.2) is 0 Å². The van der Waals surface area contributed by atoms with Crippen molar-refractivity contribution in [3.63, 3.8) is 0 Å². The zero-order valence-electron chi connectivity index (χ0n) is 15.4. The Kier molecular flexibility index (Phi) is 9.85. The van der Waals surface area contributed by atoms with Crippen LogP contribution in [0.25, 0.3) is 0 Å². The number of hydrogen-bond donors (Lipinski definition) is 0. The average Bonchev–Trinajstić information content (AvgIpc) is 2.46. The third-order valence-electron chi connectivity index (χ3n) is 4.13. The van der Waals surface area contributed by atoms with Crippen molar-refractivity contribution in [2.45, 2.75) is 19.8 Å². The van der Waals surface area contributed by atoms with Crippen LogP contribution in [-0.4, -0.2) is 74.6 Å². The van der Waals surface area contributed by atoms with Gasteiger partial charge in [0.1, 0.15) is 0 Å². The van der Waals surface area contributed by atoms with Crippen molar-refractivity contribution in [2.75, 3.05) is 59.9 Å². The van der Waals surface area contributed by atoms with Gasteiger partial charge in [0.25, 0.3) is 0 Å². The van der Waals surface area contributed by atoms with Crippen molar-refractivity contribution >= 4 is 0 Å². The molecule has 0 saturated carbocycles. The Bertz CT molecular complexity index is 403. The molecule has 0 aromatic carbocycles. The topological polar surface area (TPSA) is 9.72 Å². The van der Waals surface area contributed by atoms with Gasteiger partial charge in [0.15, 0.2) is 0 Å². The van der Waals surface area contributed by atoms with E-state index in [9.17, 15) is 0 Å². The molecule has 0 bridgehead atoms. The maximum Gasteiger partial charge on any atom is 0.0233 e. The highest BCUT2D eigenvalue weighted by Gasteiger charge is 2.11. The first-order valence-electron chi connectivity index (χ1n) is 8.75. The largest absolute Gasteiger partial charge is 0.302 e. The van der Waals surface area contributed by atoms with Crippen LogP contribution in [0.3, 0.4) is 0 Å². The van der Waals surface area contributed by atoms with E-state index in [-0.39, 0.29) is 0 Å². The van der Waals surface area contributed by atoms with Crippen molar-refractivity contribution < 1.29 is 0 Å². The van der Waals surface area contributed by atoms with Gasteiger partial charge in [-0.15, -0.1) is 0 Å². The minimum absolute atomic E-state index is 1.00. The third kappa shape index (κ3) is 8.89. The van der Waals surface area contributed by atoms with E-state index in [1.807, 2.05) is 6.08 Å². The average molecular weight is 318 g/mol. The SMILES string of the molecule is C=C/C=C(\C=C/C)CN1CCCN(C)CC(=C)CN(C)CCC1. The lowest BCUT2D eigenvalue weighted by Crippen LogP contribution is -2.35. The molecule has 0 amide bonds. The van der Waals surface area contributed by atoms with Gasteiger partial charge in [-0.05, 0) is 71.2 Å². The summed E-state index contributed by atoms with van der Waals surface area (Å²) in [6.45, 7) is 17.7. The smallest absolute Gasteiger partial charge is 0.0233 e. The summed E-state index contributed by atoms with van der Waals surface area (Å²) < 4.78 is 0. The first-order chi connectivity index (χ1) is 11.0. The summed E-state index contributed by atoms with van der Waals surface area (Å²) in [5, 5.41) is 0. The van der Waals surface area contributed by atoms with E-state index in [0.717, 1.165) is 45.8 Å². The van der Waals surface area contributed by atoms with Gasteiger partial charge in [0.05, 0.1) is 0 Å². The monoisotopic (exact) mass is 317 g/mol. The second-order valence-corrected chi connectivity index (χ2v) is 6.69. The van der Waals surface area contributed by atoms with Crippen LogP contribution in [-0.2, 0) is 0 Å². The van der Waals surface area contributed by atoms with Crippen LogP contribution in [0.5, 0.6) is 0 Å². The molecule has 0 aromatic rings. The lowest BCUT2D eigenvalue weighted by molar-refractivity contribution is 0.236. The molecule has 0 aromatic heterocycles. The van der Waals surface area contributed by atoms with Crippen molar-refractivity contribution in [1.82, 2.24) is 14.7 Å². The van der Waals surface area contributed by atoms with Crippen LogP contribution in [0.2, 0.25) is 0 Å². The zero-order valence-corrected chi connectivity index (χ0v) is 15.4. The summed E-state index contributed by atoms with van der Waals surface area (Å²) in [4.78, 5) is 7.36.